The van der Waals surface area contributed by atoms with Crippen molar-refractivity contribution < 1.29 is 14.3 Å². The molecule has 1 saturated heterocycles. The van der Waals surface area contributed by atoms with Crippen LogP contribution in [0, 0.1) is 0 Å². The van der Waals surface area contributed by atoms with Crippen LogP contribution in [0.15, 0.2) is 9.60 Å². The Morgan fingerprint density at radius 2 is 2.32 bits per heavy atom. The largest absolute Gasteiger partial charge is 0.464 e. The highest BCUT2D eigenvalue weighted by molar-refractivity contribution is 9.10. The van der Waals surface area contributed by atoms with Crippen molar-refractivity contribution in [3.63, 3.8) is 0 Å². The van der Waals surface area contributed by atoms with Gasteiger partial charge in [0.05, 0.1) is 26.4 Å². The second-order valence-electron chi connectivity index (χ2n) is 5.07. The minimum atomic E-state index is -0.443. The smallest absolute Gasteiger partial charge is 0.358 e. The number of methoxy groups -OCH3 is 1. The van der Waals surface area contributed by atoms with E-state index in [0.29, 0.717) is 35.7 Å². The molecule has 0 bridgehead atoms. The summed E-state index contributed by atoms with van der Waals surface area (Å²) >= 11 is 3.38. The van der Waals surface area contributed by atoms with Crippen LogP contribution in [0.2, 0.25) is 0 Å². The number of aliphatic imine (C=N–C) groups is 1. The van der Waals surface area contributed by atoms with Crippen molar-refractivity contribution >= 4 is 33.4 Å². The molecule has 0 radical (unpaired) electrons. The number of ether oxygens (including phenoxy) is 2. The normalized spacial score (nSPS) is 19.4. The summed E-state index contributed by atoms with van der Waals surface area (Å²) < 4.78 is 12.4. The Kier molecular flexibility index (Phi) is 5.57. The van der Waals surface area contributed by atoms with Gasteiger partial charge in [-0.3, -0.25) is 4.68 Å². The molecular formula is C14H21BrN4O3. The fourth-order valence-corrected chi connectivity index (χ4v) is 2.95. The number of carbonyl (C=O) groups excluding carboxylic acids is 1. The van der Waals surface area contributed by atoms with Gasteiger partial charge in [0.2, 0.25) is 0 Å². The van der Waals surface area contributed by atoms with E-state index in [0.717, 1.165) is 12.4 Å². The first-order valence-corrected chi connectivity index (χ1v) is 8.03. The van der Waals surface area contributed by atoms with E-state index >= 15 is 0 Å². The van der Waals surface area contributed by atoms with Crippen molar-refractivity contribution in [2.24, 2.45) is 4.99 Å². The SMILES string of the molecule is CCn1nc(Br)c(N=C(C)N2CCOC[C@H]2C)c1C(=O)OC. The molecule has 0 aliphatic carbocycles. The first-order valence-electron chi connectivity index (χ1n) is 7.23. The summed E-state index contributed by atoms with van der Waals surface area (Å²) in [5.41, 5.74) is 0.863. The number of hydrogen-bond acceptors (Lipinski definition) is 5. The zero-order valence-corrected chi connectivity index (χ0v) is 14.9. The van der Waals surface area contributed by atoms with Crippen molar-refractivity contribution in [2.45, 2.75) is 33.4 Å². The van der Waals surface area contributed by atoms with Crippen LogP contribution in [-0.2, 0) is 16.0 Å². The summed E-state index contributed by atoms with van der Waals surface area (Å²) in [5, 5.41) is 4.30. The number of morpholine rings is 1. The molecule has 2 rings (SSSR count). The lowest BCUT2D eigenvalue weighted by atomic mass is 10.2. The van der Waals surface area contributed by atoms with Crippen molar-refractivity contribution in [1.82, 2.24) is 14.7 Å². The average molecular weight is 373 g/mol. The van der Waals surface area contributed by atoms with Gasteiger partial charge in [0.15, 0.2) is 10.3 Å². The minimum absolute atomic E-state index is 0.249. The highest BCUT2D eigenvalue weighted by Crippen LogP contribution is 2.30. The maximum atomic E-state index is 12.0. The highest BCUT2D eigenvalue weighted by atomic mass is 79.9. The van der Waals surface area contributed by atoms with Crippen LogP contribution in [0.4, 0.5) is 5.69 Å². The van der Waals surface area contributed by atoms with Crippen LogP contribution in [-0.4, -0.2) is 59.4 Å². The molecule has 0 aromatic carbocycles. The highest BCUT2D eigenvalue weighted by Gasteiger charge is 2.25. The molecule has 2 heterocycles. The molecule has 1 aromatic heterocycles. The van der Waals surface area contributed by atoms with Gasteiger partial charge in [-0.25, -0.2) is 9.79 Å². The van der Waals surface area contributed by atoms with Crippen molar-refractivity contribution in [3.05, 3.63) is 10.3 Å². The number of halogens is 1. The molecule has 1 atom stereocenters. The summed E-state index contributed by atoms with van der Waals surface area (Å²) in [7, 11) is 1.35. The number of amidine groups is 1. The van der Waals surface area contributed by atoms with Crippen LogP contribution in [0.3, 0.4) is 0 Å². The first-order chi connectivity index (χ1) is 10.5. The van der Waals surface area contributed by atoms with Crippen molar-refractivity contribution in [2.75, 3.05) is 26.9 Å². The van der Waals surface area contributed by atoms with Gasteiger partial charge >= 0.3 is 5.97 Å². The third-order valence-electron chi connectivity index (χ3n) is 3.62. The maximum Gasteiger partial charge on any atom is 0.358 e. The summed E-state index contributed by atoms with van der Waals surface area (Å²) in [6.45, 7) is 8.62. The monoisotopic (exact) mass is 372 g/mol. The summed E-state index contributed by atoms with van der Waals surface area (Å²) in [4.78, 5) is 18.8. The summed E-state index contributed by atoms with van der Waals surface area (Å²) in [6.07, 6.45) is 0. The van der Waals surface area contributed by atoms with Crippen molar-refractivity contribution in [3.8, 4) is 0 Å². The number of aryl methyl sites for hydroxylation is 1. The number of aromatic nitrogens is 2. The number of nitrogens with zero attached hydrogens (tertiary/aromatic N) is 4. The molecule has 0 amide bonds. The molecule has 0 unspecified atom stereocenters. The van der Waals surface area contributed by atoms with Gasteiger partial charge in [0.25, 0.3) is 0 Å². The molecule has 122 valence electrons. The third kappa shape index (κ3) is 3.33. The van der Waals surface area contributed by atoms with Gasteiger partial charge in [-0.1, -0.05) is 0 Å². The molecule has 1 fully saturated rings. The number of carbonyl (C=O) groups is 1. The van der Waals surface area contributed by atoms with E-state index in [9.17, 15) is 4.79 Å². The zero-order valence-electron chi connectivity index (χ0n) is 13.3. The molecule has 22 heavy (non-hydrogen) atoms. The maximum absolute atomic E-state index is 12.0. The Morgan fingerprint density at radius 1 is 1.59 bits per heavy atom. The molecule has 1 aliphatic heterocycles. The molecule has 1 aliphatic rings. The lowest BCUT2D eigenvalue weighted by Gasteiger charge is -2.34. The number of hydrogen-bond donors (Lipinski definition) is 0. The standard InChI is InChI=1S/C14H21BrN4O3/c1-5-19-12(14(20)21-4)11(13(15)17-19)16-10(3)18-6-7-22-8-9(18)2/h9H,5-8H2,1-4H3/t9-/m1/s1. The predicted molar refractivity (Wildman–Crippen MR) is 86.7 cm³/mol. The Bertz CT molecular complexity index is 585. The first kappa shape index (κ1) is 17.0. The Hall–Kier alpha value is -1.41. The van der Waals surface area contributed by atoms with E-state index in [1.54, 1.807) is 4.68 Å². The third-order valence-corrected chi connectivity index (χ3v) is 4.16. The summed E-state index contributed by atoms with van der Waals surface area (Å²) in [5.74, 6) is 0.388. The van der Waals surface area contributed by atoms with E-state index in [1.807, 2.05) is 13.8 Å². The second-order valence-corrected chi connectivity index (χ2v) is 5.82. The van der Waals surface area contributed by atoms with Gasteiger partial charge in [0.1, 0.15) is 11.5 Å². The number of rotatable bonds is 3. The van der Waals surface area contributed by atoms with Gasteiger partial charge in [-0.2, -0.15) is 5.10 Å². The van der Waals surface area contributed by atoms with Gasteiger partial charge < -0.3 is 14.4 Å². The topological polar surface area (TPSA) is 69.0 Å². The lowest BCUT2D eigenvalue weighted by molar-refractivity contribution is 0.0330. The molecular weight excluding hydrogens is 352 g/mol. The van der Waals surface area contributed by atoms with E-state index < -0.39 is 5.97 Å². The second kappa shape index (κ2) is 7.23. The molecule has 8 heteroatoms. The Morgan fingerprint density at radius 3 is 2.91 bits per heavy atom. The van der Waals surface area contributed by atoms with E-state index in [2.05, 4.69) is 37.8 Å². The molecule has 1 aromatic rings. The van der Waals surface area contributed by atoms with E-state index in [4.69, 9.17) is 9.47 Å². The predicted octanol–water partition coefficient (Wildman–Crippen LogP) is 2.22. The Labute approximate surface area is 138 Å². The Balaban J connectivity index is 2.41. The molecule has 0 saturated carbocycles. The average Bonchev–Trinajstić information content (AvgIpc) is 2.83. The lowest BCUT2D eigenvalue weighted by Crippen LogP contribution is -2.46. The fraction of sp³-hybridized carbons (Fsp3) is 0.643. The van der Waals surface area contributed by atoms with Crippen LogP contribution < -0.4 is 0 Å². The van der Waals surface area contributed by atoms with Crippen LogP contribution in [0.5, 0.6) is 0 Å². The summed E-state index contributed by atoms with van der Waals surface area (Å²) in [6, 6.07) is 0.249. The van der Waals surface area contributed by atoms with E-state index in [1.165, 1.54) is 7.11 Å². The molecule has 0 spiro atoms. The van der Waals surface area contributed by atoms with Gasteiger partial charge in [-0.15, -0.1) is 0 Å². The van der Waals surface area contributed by atoms with Crippen LogP contribution >= 0.6 is 15.9 Å². The molecule has 7 nitrogen and oxygen atoms in total. The zero-order chi connectivity index (χ0) is 16.3. The quantitative estimate of drug-likeness (QED) is 0.462. The minimum Gasteiger partial charge on any atom is -0.464 e. The van der Waals surface area contributed by atoms with Crippen LogP contribution in [0.25, 0.3) is 0 Å². The number of esters is 1. The molecule has 0 N–H and O–H groups in total. The van der Waals surface area contributed by atoms with E-state index in [-0.39, 0.29) is 6.04 Å². The van der Waals surface area contributed by atoms with Gasteiger partial charge in [-0.05, 0) is 36.7 Å². The van der Waals surface area contributed by atoms with Crippen LogP contribution in [0.1, 0.15) is 31.3 Å². The van der Waals surface area contributed by atoms with Gasteiger partial charge in [0, 0.05) is 13.1 Å². The fourth-order valence-electron chi connectivity index (χ4n) is 2.48. The van der Waals surface area contributed by atoms with Crippen molar-refractivity contribution in [1.29, 1.82) is 0 Å².